The van der Waals surface area contributed by atoms with E-state index in [9.17, 15) is 4.79 Å². The Morgan fingerprint density at radius 1 is 1.24 bits per heavy atom. The number of hydrogen-bond acceptors (Lipinski definition) is 3. The number of benzene rings is 1. The van der Waals surface area contributed by atoms with E-state index in [4.69, 9.17) is 5.11 Å². The smallest absolute Gasteiger partial charge is 0.335 e. The molecular weight excluding hydrogens is 264 g/mol. The molecule has 0 aliphatic rings. The van der Waals surface area contributed by atoms with Gasteiger partial charge in [0.05, 0.1) is 17.8 Å². The van der Waals surface area contributed by atoms with E-state index in [1.807, 2.05) is 44.2 Å². The van der Waals surface area contributed by atoms with Gasteiger partial charge in [-0.3, -0.25) is 4.98 Å². The number of pyridine rings is 1. The van der Waals surface area contributed by atoms with Crippen molar-refractivity contribution >= 4 is 11.7 Å². The minimum Gasteiger partial charge on any atom is -0.478 e. The molecule has 1 heterocycles. The summed E-state index contributed by atoms with van der Waals surface area (Å²) < 4.78 is 0. The molecule has 1 aromatic carbocycles. The standard InChI is InChI=1S/C17H20N2O2/c1-4-19(11-14-7-5-6-13(3)18-14)15-8-9-16(17(20)21)12(2)10-15/h5-10H,4,11H2,1-3H3,(H,20,21). The predicted octanol–water partition coefficient (Wildman–Crippen LogP) is 3.42. The van der Waals surface area contributed by atoms with Crippen LogP contribution in [0.4, 0.5) is 5.69 Å². The number of anilines is 1. The van der Waals surface area contributed by atoms with Crippen molar-refractivity contribution in [2.45, 2.75) is 27.3 Å². The second-order valence-corrected chi connectivity index (χ2v) is 5.09. The number of aromatic nitrogens is 1. The van der Waals surface area contributed by atoms with Gasteiger partial charge in [0.25, 0.3) is 0 Å². The zero-order valence-corrected chi connectivity index (χ0v) is 12.6. The van der Waals surface area contributed by atoms with Crippen molar-refractivity contribution in [2.75, 3.05) is 11.4 Å². The first-order valence-electron chi connectivity index (χ1n) is 7.02. The lowest BCUT2D eigenvalue weighted by molar-refractivity contribution is 0.0696. The number of aryl methyl sites for hydroxylation is 2. The van der Waals surface area contributed by atoms with Gasteiger partial charge >= 0.3 is 5.97 Å². The monoisotopic (exact) mass is 284 g/mol. The van der Waals surface area contributed by atoms with Crippen LogP contribution in [0.25, 0.3) is 0 Å². The van der Waals surface area contributed by atoms with Crippen LogP contribution < -0.4 is 4.90 Å². The van der Waals surface area contributed by atoms with E-state index in [1.165, 1.54) is 0 Å². The lowest BCUT2D eigenvalue weighted by Gasteiger charge is -2.23. The highest BCUT2D eigenvalue weighted by molar-refractivity contribution is 5.89. The maximum Gasteiger partial charge on any atom is 0.335 e. The zero-order valence-electron chi connectivity index (χ0n) is 12.6. The molecule has 0 radical (unpaired) electrons. The Bertz CT molecular complexity index is 653. The fraction of sp³-hybridized carbons (Fsp3) is 0.294. The number of rotatable bonds is 5. The summed E-state index contributed by atoms with van der Waals surface area (Å²) in [6, 6.07) is 11.4. The van der Waals surface area contributed by atoms with E-state index in [1.54, 1.807) is 6.07 Å². The molecule has 21 heavy (non-hydrogen) atoms. The molecule has 110 valence electrons. The number of hydrogen-bond donors (Lipinski definition) is 1. The molecule has 0 aliphatic heterocycles. The molecule has 2 aromatic rings. The molecule has 1 N–H and O–H groups in total. The summed E-state index contributed by atoms with van der Waals surface area (Å²) in [6.45, 7) is 7.43. The second kappa shape index (κ2) is 6.39. The summed E-state index contributed by atoms with van der Waals surface area (Å²) >= 11 is 0. The van der Waals surface area contributed by atoms with Gasteiger partial charge in [-0.15, -0.1) is 0 Å². The van der Waals surface area contributed by atoms with E-state index in [0.29, 0.717) is 12.1 Å². The average molecular weight is 284 g/mol. The zero-order chi connectivity index (χ0) is 15.4. The number of nitrogens with zero attached hydrogens (tertiary/aromatic N) is 2. The van der Waals surface area contributed by atoms with Crippen LogP contribution in [0.3, 0.4) is 0 Å². The summed E-state index contributed by atoms with van der Waals surface area (Å²) in [6.07, 6.45) is 0. The quantitative estimate of drug-likeness (QED) is 0.914. The third kappa shape index (κ3) is 3.60. The molecule has 4 heteroatoms. The molecular formula is C17H20N2O2. The SMILES string of the molecule is CCN(Cc1cccc(C)n1)c1ccc(C(=O)O)c(C)c1. The molecule has 4 nitrogen and oxygen atoms in total. The van der Waals surface area contributed by atoms with E-state index in [0.717, 1.165) is 29.2 Å². The summed E-state index contributed by atoms with van der Waals surface area (Å²) in [5, 5.41) is 9.09. The van der Waals surface area contributed by atoms with Crippen LogP contribution in [0.5, 0.6) is 0 Å². The lowest BCUT2D eigenvalue weighted by Crippen LogP contribution is -2.23. The van der Waals surface area contributed by atoms with Gasteiger partial charge in [0, 0.05) is 17.9 Å². The summed E-state index contributed by atoms with van der Waals surface area (Å²) in [5.41, 5.74) is 4.15. The minimum atomic E-state index is -0.887. The van der Waals surface area contributed by atoms with Crippen LogP contribution in [-0.2, 0) is 6.54 Å². The molecule has 1 aromatic heterocycles. The van der Waals surface area contributed by atoms with Crippen molar-refractivity contribution in [3.8, 4) is 0 Å². The molecule has 0 aliphatic carbocycles. The van der Waals surface area contributed by atoms with Crippen LogP contribution in [-0.4, -0.2) is 22.6 Å². The van der Waals surface area contributed by atoms with E-state index < -0.39 is 5.97 Å². The molecule has 0 atom stereocenters. The maximum absolute atomic E-state index is 11.1. The van der Waals surface area contributed by atoms with Crippen molar-refractivity contribution in [3.05, 3.63) is 58.9 Å². The largest absolute Gasteiger partial charge is 0.478 e. The number of carboxylic acids is 1. The first-order chi connectivity index (χ1) is 10.0. The van der Waals surface area contributed by atoms with Crippen LogP contribution in [0, 0.1) is 13.8 Å². The second-order valence-electron chi connectivity index (χ2n) is 5.09. The highest BCUT2D eigenvalue weighted by atomic mass is 16.4. The van der Waals surface area contributed by atoms with Gasteiger partial charge in [0.1, 0.15) is 0 Å². The van der Waals surface area contributed by atoms with Gasteiger partial charge in [-0.05, 0) is 56.7 Å². The number of carboxylic acid groups (broad SMARTS) is 1. The Kier molecular flexibility index (Phi) is 4.58. The van der Waals surface area contributed by atoms with Gasteiger partial charge in [0.15, 0.2) is 0 Å². The highest BCUT2D eigenvalue weighted by Crippen LogP contribution is 2.21. The van der Waals surface area contributed by atoms with Gasteiger partial charge in [-0.2, -0.15) is 0 Å². The predicted molar refractivity (Wildman–Crippen MR) is 83.8 cm³/mol. The third-order valence-electron chi connectivity index (χ3n) is 3.49. The Morgan fingerprint density at radius 3 is 2.57 bits per heavy atom. The van der Waals surface area contributed by atoms with E-state index >= 15 is 0 Å². The van der Waals surface area contributed by atoms with Gasteiger partial charge in [0.2, 0.25) is 0 Å². The van der Waals surface area contributed by atoms with E-state index in [-0.39, 0.29) is 0 Å². The molecule has 0 bridgehead atoms. The molecule has 0 spiro atoms. The highest BCUT2D eigenvalue weighted by Gasteiger charge is 2.11. The minimum absolute atomic E-state index is 0.350. The van der Waals surface area contributed by atoms with Crippen molar-refractivity contribution < 1.29 is 9.90 Å². The molecule has 2 rings (SSSR count). The molecule has 0 fully saturated rings. The fourth-order valence-corrected chi connectivity index (χ4v) is 2.35. The lowest BCUT2D eigenvalue weighted by atomic mass is 10.1. The Balaban J connectivity index is 2.25. The van der Waals surface area contributed by atoms with Gasteiger partial charge in [-0.25, -0.2) is 4.79 Å². The van der Waals surface area contributed by atoms with Crippen molar-refractivity contribution in [1.29, 1.82) is 0 Å². The first-order valence-corrected chi connectivity index (χ1v) is 7.02. The summed E-state index contributed by atoms with van der Waals surface area (Å²) in [5.74, 6) is -0.887. The summed E-state index contributed by atoms with van der Waals surface area (Å²) in [4.78, 5) is 17.8. The molecule has 0 saturated carbocycles. The first kappa shape index (κ1) is 15.0. The summed E-state index contributed by atoms with van der Waals surface area (Å²) in [7, 11) is 0. The van der Waals surface area contributed by atoms with Gasteiger partial charge < -0.3 is 10.0 Å². The molecule has 0 saturated heterocycles. The molecule has 0 amide bonds. The van der Waals surface area contributed by atoms with Crippen molar-refractivity contribution in [2.24, 2.45) is 0 Å². The number of aromatic carboxylic acids is 1. The number of carbonyl (C=O) groups is 1. The topological polar surface area (TPSA) is 53.4 Å². The van der Waals surface area contributed by atoms with Crippen molar-refractivity contribution in [1.82, 2.24) is 4.98 Å². The van der Waals surface area contributed by atoms with Crippen LogP contribution >= 0.6 is 0 Å². The van der Waals surface area contributed by atoms with Gasteiger partial charge in [-0.1, -0.05) is 6.07 Å². The van der Waals surface area contributed by atoms with Crippen LogP contribution in [0.15, 0.2) is 36.4 Å². The van der Waals surface area contributed by atoms with E-state index in [2.05, 4.69) is 16.8 Å². The normalized spacial score (nSPS) is 10.4. The molecule has 0 unspecified atom stereocenters. The average Bonchev–Trinajstić information content (AvgIpc) is 2.44. The Labute approximate surface area is 125 Å². The maximum atomic E-state index is 11.1. The van der Waals surface area contributed by atoms with Crippen molar-refractivity contribution in [3.63, 3.8) is 0 Å². The Morgan fingerprint density at radius 2 is 2.00 bits per heavy atom. The van der Waals surface area contributed by atoms with Crippen LogP contribution in [0.1, 0.15) is 34.2 Å². The Hall–Kier alpha value is -2.36. The fourth-order valence-electron chi connectivity index (χ4n) is 2.35. The third-order valence-corrected chi connectivity index (χ3v) is 3.49. The van der Waals surface area contributed by atoms with Crippen LogP contribution in [0.2, 0.25) is 0 Å².